The summed E-state index contributed by atoms with van der Waals surface area (Å²) in [5.41, 5.74) is 0. The molecule has 0 amide bonds. The maximum absolute atomic E-state index is 11.5. The van der Waals surface area contributed by atoms with Gasteiger partial charge in [0, 0.05) is 0 Å². The predicted octanol–water partition coefficient (Wildman–Crippen LogP) is 5.87. The van der Waals surface area contributed by atoms with Crippen LogP contribution in [0.5, 0.6) is 0 Å². The van der Waals surface area contributed by atoms with Gasteiger partial charge in [-0.25, -0.2) is 0 Å². The summed E-state index contributed by atoms with van der Waals surface area (Å²) in [6.07, 6.45) is -4.30. The van der Waals surface area contributed by atoms with Gasteiger partial charge in [0.25, 0.3) is 0 Å². The summed E-state index contributed by atoms with van der Waals surface area (Å²) in [4.78, 5) is 0. The topological polar surface area (TPSA) is 77.4 Å². The van der Waals surface area contributed by atoms with Crippen molar-refractivity contribution in [3.63, 3.8) is 0 Å². The molecular weight excluding hydrogens is 469 g/mol. The molecule has 0 aromatic carbocycles. The number of aliphatic hydroxyl groups excluding tert-OH is 2. The number of aliphatic hydroxyl groups is 2. The molecule has 2 N–H and O–H groups in total. The fourth-order valence-electron chi connectivity index (χ4n) is 2.86. The van der Waals surface area contributed by atoms with Crippen LogP contribution in [0.15, 0.2) is 0 Å². The maximum atomic E-state index is 11.5. The molecule has 0 aliphatic carbocycles. The predicted molar refractivity (Wildman–Crippen MR) is 144 cm³/mol. The van der Waals surface area contributed by atoms with Gasteiger partial charge >= 0.3 is 0 Å². The lowest BCUT2D eigenvalue weighted by Crippen LogP contribution is -2.65. The zero-order valence-corrected chi connectivity index (χ0v) is 27.1. The Balaban J connectivity index is 3.27. The van der Waals surface area contributed by atoms with E-state index in [9.17, 15) is 10.2 Å². The molecule has 0 saturated carbocycles. The third-order valence-corrected chi connectivity index (χ3v) is 22.0. The highest BCUT2D eigenvalue weighted by Gasteiger charge is 2.53. The smallest absolute Gasteiger partial charge is 0.192 e. The standard InChI is InChI=1S/C24H54O6Si3/c1-22(2,3)31(10,11)27-16-17-19(29-32(12,13)23(4,5)6)18(25)20(21(26)28-17)30-33(14,15)24(7,8)9/h17-21,25-26H,16H2,1-15H3/t17-,18+,19+,20-,21+/m1/s1. The minimum Gasteiger partial charge on any atom is -0.414 e. The molecule has 0 aromatic rings. The van der Waals surface area contributed by atoms with E-state index in [1.165, 1.54) is 0 Å². The number of ether oxygens (including phenoxy) is 1. The second kappa shape index (κ2) is 10.0. The van der Waals surface area contributed by atoms with E-state index in [4.69, 9.17) is 18.0 Å². The maximum Gasteiger partial charge on any atom is 0.192 e. The zero-order chi connectivity index (χ0) is 26.4. The van der Waals surface area contributed by atoms with E-state index in [2.05, 4.69) is 102 Å². The van der Waals surface area contributed by atoms with Gasteiger partial charge in [0.05, 0.1) is 6.61 Å². The van der Waals surface area contributed by atoms with E-state index in [-0.39, 0.29) is 21.7 Å². The van der Waals surface area contributed by atoms with Crippen molar-refractivity contribution >= 4 is 25.0 Å². The van der Waals surface area contributed by atoms with E-state index < -0.39 is 55.7 Å². The van der Waals surface area contributed by atoms with Gasteiger partial charge < -0.3 is 28.2 Å². The fraction of sp³-hybridized carbons (Fsp3) is 1.00. The molecule has 6 nitrogen and oxygen atoms in total. The molecular formula is C24H54O6Si3. The highest BCUT2D eigenvalue weighted by Crippen LogP contribution is 2.43. The van der Waals surface area contributed by atoms with Crippen LogP contribution in [-0.2, 0) is 18.0 Å². The van der Waals surface area contributed by atoms with Crippen LogP contribution in [0.25, 0.3) is 0 Å². The Morgan fingerprint density at radius 3 is 1.36 bits per heavy atom. The minimum absolute atomic E-state index is 0.0383. The molecule has 1 aliphatic heterocycles. The number of hydrogen-bond acceptors (Lipinski definition) is 6. The van der Waals surface area contributed by atoms with Crippen LogP contribution in [-0.4, -0.2) is 72.5 Å². The van der Waals surface area contributed by atoms with Crippen molar-refractivity contribution < 1.29 is 28.2 Å². The van der Waals surface area contributed by atoms with E-state index in [0.717, 1.165) is 0 Å². The molecule has 198 valence electrons. The van der Waals surface area contributed by atoms with Gasteiger partial charge in [0.2, 0.25) is 0 Å². The Morgan fingerprint density at radius 1 is 0.636 bits per heavy atom. The molecule has 1 heterocycles. The van der Waals surface area contributed by atoms with Crippen molar-refractivity contribution in [3.8, 4) is 0 Å². The van der Waals surface area contributed by atoms with Crippen LogP contribution in [0.2, 0.25) is 54.4 Å². The number of hydrogen-bond donors (Lipinski definition) is 2. The molecule has 1 saturated heterocycles. The van der Waals surface area contributed by atoms with Gasteiger partial charge in [0.1, 0.15) is 24.4 Å². The van der Waals surface area contributed by atoms with Crippen LogP contribution in [0.1, 0.15) is 62.3 Å². The summed E-state index contributed by atoms with van der Waals surface area (Å²) in [7, 11) is -6.56. The Bertz CT molecular complexity index is 644. The van der Waals surface area contributed by atoms with Gasteiger partial charge in [-0.15, -0.1) is 0 Å². The summed E-state index contributed by atoms with van der Waals surface area (Å²) in [5.74, 6) is 0. The molecule has 1 rings (SSSR count). The average molecular weight is 523 g/mol. The van der Waals surface area contributed by atoms with Crippen LogP contribution >= 0.6 is 0 Å². The van der Waals surface area contributed by atoms with E-state index in [0.29, 0.717) is 0 Å². The van der Waals surface area contributed by atoms with Crippen molar-refractivity contribution in [2.24, 2.45) is 0 Å². The van der Waals surface area contributed by atoms with Crippen molar-refractivity contribution in [2.45, 2.75) is 147 Å². The Kier molecular flexibility index (Phi) is 9.57. The second-order valence-corrected chi connectivity index (χ2v) is 28.6. The summed E-state index contributed by atoms with van der Waals surface area (Å²) in [6.45, 7) is 32.7. The molecule has 0 bridgehead atoms. The fourth-order valence-corrected chi connectivity index (χ4v) is 6.49. The van der Waals surface area contributed by atoms with Gasteiger partial charge in [-0.1, -0.05) is 62.3 Å². The van der Waals surface area contributed by atoms with Crippen molar-refractivity contribution in [1.29, 1.82) is 0 Å². The summed E-state index contributed by atoms with van der Waals surface area (Å²) < 4.78 is 25.7. The molecule has 33 heavy (non-hydrogen) atoms. The lowest BCUT2D eigenvalue weighted by molar-refractivity contribution is -0.279. The third-order valence-electron chi connectivity index (χ3n) is 8.52. The van der Waals surface area contributed by atoms with Gasteiger partial charge in [-0.05, 0) is 54.4 Å². The first-order valence-corrected chi connectivity index (χ1v) is 21.1. The minimum atomic E-state index is -2.26. The molecule has 1 fully saturated rings. The molecule has 1 aliphatic rings. The highest BCUT2D eigenvalue weighted by molar-refractivity contribution is 6.75. The SMILES string of the molecule is CC(C)(C)[Si](C)(C)OC[C@H]1O[C@H](O)[C@H](O[Si](C)(C)C(C)(C)C)[C@@H](O)[C@H]1O[Si](C)(C)C(C)(C)C. The molecule has 0 spiro atoms. The normalized spacial score (nSPS) is 28.8. The van der Waals surface area contributed by atoms with Crippen molar-refractivity contribution in [3.05, 3.63) is 0 Å². The van der Waals surface area contributed by atoms with Crippen molar-refractivity contribution in [1.82, 2.24) is 0 Å². The Labute approximate surface area is 207 Å². The third kappa shape index (κ3) is 7.45. The largest absolute Gasteiger partial charge is 0.414 e. The Morgan fingerprint density at radius 2 is 1.00 bits per heavy atom. The second-order valence-electron chi connectivity index (χ2n) is 14.3. The average Bonchev–Trinajstić information content (AvgIpc) is 2.56. The van der Waals surface area contributed by atoms with E-state index in [1.54, 1.807) is 0 Å². The van der Waals surface area contributed by atoms with Gasteiger partial charge in [-0.2, -0.15) is 0 Å². The molecule has 5 atom stereocenters. The summed E-state index contributed by atoms with van der Waals surface area (Å²) in [5, 5.41) is 22.4. The zero-order valence-electron chi connectivity index (χ0n) is 24.1. The van der Waals surface area contributed by atoms with Gasteiger partial charge in [0.15, 0.2) is 31.2 Å². The highest BCUT2D eigenvalue weighted by atomic mass is 28.4. The number of rotatable bonds is 7. The first-order valence-electron chi connectivity index (χ1n) is 12.4. The van der Waals surface area contributed by atoms with Crippen LogP contribution in [0.3, 0.4) is 0 Å². The monoisotopic (exact) mass is 522 g/mol. The van der Waals surface area contributed by atoms with Gasteiger partial charge in [-0.3, -0.25) is 0 Å². The molecule has 0 unspecified atom stereocenters. The van der Waals surface area contributed by atoms with Crippen LogP contribution in [0, 0.1) is 0 Å². The first kappa shape index (κ1) is 31.4. The molecule has 0 aromatic heterocycles. The summed E-state index contributed by atoms with van der Waals surface area (Å²) in [6, 6.07) is 0. The molecule has 9 heteroatoms. The van der Waals surface area contributed by atoms with Crippen LogP contribution < -0.4 is 0 Å². The summed E-state index contributed by atoms with van der Waals surface area (Å²) >= 11 is 0. The lowest BCUT2D eigenvalue weighted by Gasteiger charge is -2.50. The van der Waals surface area contributed by atoms with Crippen molar-refractivity contribution in [2.75, 3.05) is 6.61 Å². The first-order chi connectivity index (χ1) is 14.3. The molecule has 0 radical (unpaired) electrons. The quantitative estimate of drug-likeness (QED) is 0.407. The lowest BCUT2D eigenvalue weighted by atomic mass is 9.99. The van der Waals surface area contributed by atoms with Crippen LogP contribution in [0.4, 0.5) is 0 Å². The Hall–Kier alpha value is 0.411. The van der Waals surface area contributed by atoms with E-state index >= 15 is 0 Å². The van der Waals surface area contributed by atoms with E-state index in [1.807, 2.05) is 0 Å².